The van der Waals surface area contributed by atoms with Crippen LogP contribution in [0.1, 0.15) is 38.8 Å². The first-order valence-electron chi connectivity index (χ1n) is 6.59. The van der Waals surface area contributed by atoms with Gasteiger partial charge in [-0.25, -0.2) is 0 Å². The lowest BCUT2D eigenvalue weighted by atomic mass is 9.87. The van der Waals surface area contributed by atoms with E-state index in [1.807, 2.05) is 18.9 Å². The maximum absolute atomic E-state index is 13.0. The van der Waals surface area contributed by atoms with Crippen molar-refractivity contribution in [3.05, 3.63) is 29.3 Å². The van der Waals surface area contributed by atoms with E-state index >= 15 is 0 Å². The van der Waals surface area contributed by atoms with Crippen LogP contribution in [-0.2, 0) is 6.18 Å². The van der Waals surface area contributed by atoms with Gasteiger partial charge < -0.3 is 10.6 Å². The summed E-state index contributed by atoms with van der Waals surface area (Å²) < 4.78 is 38.9. The molecule has 1 unspecified atom stereocenters. The monoisotopic (exact) mass is 318 g/mol. The number of alkyl halides is 3. The normalized spacial score (nSPS) is 13.9. The molecule has 21 heavy (non-hydrogen) atoms. The second-order valence-electron chi connectivity index (χ2n) is 6.24. The van der Waals surface area contributed by atoms with Gasteiger partial charge in [-0.3, -0.25) is 0 Å². The molecule has 0 aliphatic rings. The van der Waals surface area contributed by atoms with Crippen molar-refractivity contribution in [3.63, 3.8) is 0 Å². The molecule has 0 bridgehead atoms. The Morgan fingerprint density at radius 1 is 1.24 bits per heavy atom. The van der Waals surface area contributed by atoms with Gasteiger partial charge >= 0.3 is 6.18 Å². The Kier molecular flexibility index (Phi) is 4.93. The molecule has 118 valence electrons. The summed E-state index contributed by atoms with van der Waals surface area (Å²) in [5.41, 5.74) is 5.17. The summed E-state index contributed by atoms with van der Waals surface area (Å²) in [5.74, 6) is 0. The minimum Gasteiger partial charge on any atom is -0.389 e. The molecule has 2 nitrogen and oxygen atoms in total. The Balaban J connectivity index is 3.30. The van der Waals surface area contributed by atoms with Crippen molar-refractivity contribution in [1.29, 1.82) is 0 Å². The lowest BCUT2D eigenvalue weighted by molar-refractivity contribution is -0.137. The second kappa shape index (κ2) is 5.83. The Labute approximate surface area is 129 Å². The first-order chi connectivity index (χ1) is 9.35. The molecule has 2 N–H and O–H groups in total. The maximum atomic E-state index is 13.0. The number of nitrogens with two attached hydrogens (primary N) is 1. The Morgan fingerprint density at radius 3 is 2.14 bits per heavy atom. The number of thiocarbonyl (C=S) groups is 1. The van der Waals surface area contributed by atoms with Crippen LogP contribution in [0.5, 0.6) is 0 Å². The molecular formula is C15H21F3N2S. The number of anilines is 1. The summed E-state index contributed by atoms with van der Waals surface area (Å²) in [5, 5.41) is 0. The number of halogens is 3. The molecule has 0 aromatic heterocycles. The molecule has 0 amide bonds. The highest BCUT2D eigenvalue weighted by Crippen LogP contribution is 2.35. The second-order valence-corrected chi connectivity index (χ2v) is 6.68. The third-order valence-corrected chi connectivity index (χ3v) is 4.04. The standard InChI is InChI=1S/C15H21F3N2S/c1-9(14(2,3)4)20(5)10-6-7-12(15(16,17)18)11(8-10)13(19)21/h6-9H,1-5H3,(H2,19,21). The molecule has 0 aliphatic heterocycles. The summed E-state index contributed by atoms with van der Waals surface area (Å²) in [6.45, 7) is 8.25. The molecular weight excluding hydrogens is 297 g/mol. The minimum atomic E-state index is -4.47. The van der Waals surface area contributed by atoms with Crippen LogP contribution in [0.25, 0.3) is 0 Å². The van der Waals surface area contributed by atoms with E-state index in [9.17, 15) is 13.2 Å². The molecule has 1 rings (SSSR count). The molecule has 6 heteroatoms. The molecule has 0 radical (unpaired) electrons. The smallest absolute Gasteiger partial charge is 0.389 e. The third-order valence-electron chi connectivity index (χ3n) is 3.82. The highest BCUT2D eigenvalue weighted by atomic mass is 32.1. The van der Waals surface area contributed by atoms with Crippen LogP contribution in [0.15, 0.2) is 18.2 Å². The number of hydrogen-bond donors (Lipinski definition) is 1. The van der Waals surface area contributed by atoms with Crippen molar-refractivity contribution in [1.82, 2.24) is 0 Å². The highest BCUT2D eigenvalue weighted by Gasteiger charge is 2.34. The predicted molar refractivity (Wildman–Crippen MR) is 84.7 cm³/mol. The van der Waals surface area contributed by atoms with Crippen molar-refractivity contribution in [2.24, 2.45) is 11.1 Å². The number of hydrogen-bond acceptors (Lipinski definition) is 2. The average molecular weight is 318 g/mol. The van der Waals surface area contributed by atoms with E-state index in [1.165, 1.54) is 12.1 Å². The van der Waals surface area contributed by atoms with Gasteiger partial charge in [-0.1, -0.05) is 33.0 Å². The minimum absolute atomic E-state index is 0.0131. The zero-order valence-electron chi connectivity index (χ0n) is 12.9. The van der Waals surface area contributed by atoms with Crippen molar-refractivity contribution >= 4 is 22.9 Å². The number of rotatable bonds is 3. The van der Waals surface area contributed by atoms with Gasteiger partial charge in [0.05, 0.1) is 5.56 Å². The fourth-order valence-corrected chi connectivity index (χ4v) is 2.18. The summed E-state index contributed by atoms with van der Waals surface area (Å²) in [6, 6.07) is 4.03. The highest BCUT2D eigenvalue weighted by molar-refractivity contribution is 7.80. The first-order valence-corrected chi connectivity index (χ1v) is 7.00. The van der Waals surface area contributed by atoms with E-state index < -0.39 is 11.7 Å². The lowest BCUT2D eigenvalue weighted by Crippen LogP contribution is -2.39. The summed E-state index contributed by atoms with van der Waals surface area (Å²) in [4.78, 5) is 1.68. The topological polar surface area (TPSA) is 29.3 Å². The molecule has 0 saturated carbocycles. The van der Waals surface area contributed by atoms with Gasteiger partial charge in [0.2, 0.25) is 0 Å². The summed E-state index contributed by atoms with van der Waals surface area (Å²) in [7, 11) is 1.85. The molecule has 0 heterocycles. The predicted octanol–water partition coefficient (Wildman–Crippen LogP) is 4.21. The van der Waals surface area contributed by atoms with E-state index in [0.29, 0.717) is 5.69 Å². The van der Waals surface area contributed by atoms with Crippen LogP contribution in [0.2, 0.25) is 0 Å². The maximum Gasteiger partial charge on any atom is 0.417 e. The molecule has 0 aliphatic carbocycles. The molecule has 1 aromatic carbocycles. The summed E-state index contributed by atoms with van der Waals surface area (Å²) in [6.07, 6.45) is -4.47. The Bertz CT molecular complexity index is 533. The molecule has 0 fully saturated rings. The van der Waals surface area contributed by atoms with Gasteiger partial charge in [0.25, 0.3) is 0 Å². The van der Waals surface area contributed by atoms with E-state index in [0.717, 1.165) is 6.07 Å². The molecule has 0 saturated heterocycles. The van der Waals surface area contributed by atoms with E-state index in [-0.39, 0.29) is 22.0 Å². The van der Waals surface area contributed by atoms with E-state index in [2.05, 4.69) is 20.8 Å². The number of benzene rings is 1. The van der Waals surface area contributed by atoms with Gasteiger partial charge in [-0.15, -0.1) is 0 Å². The van der Waals surface area contributed by atoms with Gasteiger partial charge in [-0.2, -0.15) is 13.2 Å². The lowest BCUT2D eigenvalue weighted by Gasteiger charge is -2.37. The van der Waals surface area contributed by atoms with E-state index in [1.54, 1.807) is 0 Å². The van der Waals surface area contributed by atoms with Crippen molar-refractivity contribution in [3.8, 4) is 0 Å². The largest absolute Gasteiger partial charge is 0.417 e. The molecule has 1 aromatic rings. The zero-order valence-corrected chi connectivity index (χ0v) is 13.7. The van der Waals surface area contributed by atoms with Gasteiger partial charge in [0.1, 0.15) is 4.99 Å². The Hall–Kier alpha value is -1.30. The van der Waals surface area contributed by atoms with Crippen LogP contribution in [0.3, 0.4) is 0 Å². The summed E-state index contributed by atoms with van der Waals surface area (Å²) >= 11 is 4.76. The Morgan fingerprint density at radius 2 is 1.76 bits per heavy atom. The first kappa shape index (κ1) is 17.8. The van der Waals surface area contributed by atoms with E-state index in [4.69, 9.17) is 18.0 Å². The van der Waals surface area contributed by atoms with Gasteiger partial charge in [-0.05, 0) is 30.5 Å². The molecule has 0 spiro atoms. The fourth-order valence-electron chi connectivity index (χ4n) is 2.01. The third kappa shape index (κ3) is 4.09. The van der Waals surface area contributed by atoms with Crippen LogP contribution in [0, 0.1) is 5.41 Å². The quantitative estimate of drug-likeness (QED) is 0.847. The molecule has 1 atom stereocenters. The van der Waals surface area contributed by atoms with Crippen molar-refractivity contribution < 1.29 is 13.2 Å². The van der Waals surface area contributed by atoms with Crippen LogP contribution in [-0.4, -0.2) is 18.1 Å². The van der Waals surface area contributed by atoms with Crippen molar-refractivity contribution in [2.75, 3.05) is 11.9 Å². The number of nitrogens with zero attached hydrogens (tertiary/aromatic N) is 1. The fraction of sp³-hybridized carbons (Fsp3) is 0.533. The SMILES string of the molecule is CC(N(C)c1ccc(C(F)(F)F)c(C(N)=S)c1)C(C)(C)C. The van der Waals surface area contributed by atoms with Gasteiger partial charge in [0.15, 0.2) is 0 Å². The van der Waals surface area contributed by atoms with Crippen molar-refractivity contribution in [2.45, 2.75) is 39.9 Å². The van der Waals surface area contributed by atoms with Gasteiger partial charge in [0, 0.05) is 24.3 Å². The van der Waals surface area contributed by atoms with Crippen LogP contribution >= 0.6 is 12.2 Å². The zero-order chi connectivity index (χ0) is 16.6. The average Bonchev–Trinajstić information content (AvgIpc) is 2.34. The van der Waals surface area contributed by atoms with Crippen LogP contribution < -0.4 is 10.6 Å². The van der Waals surface area contributed by atoms with Crippen LogP contribution in [0.4, 0.5) is 18.9 Å².